The van der Waals surface area contributed by atoms with E-state index in [1.54, 1.807) is 0 Å². The number of ether oxygens (including phenoxy) is 3. The minimum Gasteiger partial charge on any atom is -0.462 e. The molecule has 0 aliphatic rings. The Morgan fingerprint density at radius 3 is 1.04 bits per heavy atom. The van der Waals surface area contributed by atoms with Gasteiger partial charge in [-0.15, -0.1) is 0 Å². The van der Waals surface area contributed by atoms with Gasteiger partial charge in [-0.2, -0.15) is 0 Å². The van der Waals surface area contributed by atoms with Crippen molar-refractivity contribution in [2.24, 2.45) is 11.8 Å². The molecule has 6 nitrogen and oxygen atoms in total. The van der Waals surface area contributed by atoms with Gasteiger partial charge < -0.3 is 14.2 Å². The van der Waals surface area contributed by atoms with E-state index in [2.05, 4.69) is 34.6 Å². The fourth-order valence-electron chi connectivity index (χ4n) is 7.25. The summed E-state index contributed by atoms with van der Waals surface area (Å²) in [5.41, 5.74) is 0. The first-order valence-corrected chi connectivity index (χ1v) is 24.3. The van der Waals surface area contributed by atoms with Gasteiger partial charge >= 0.3 is 17.9 Å². The molecular formula is C49H94O6. The van der Waals surface area contributed by atoms with Crippen LogP contribution >= 0.6 is 0 Å². The summed E-state index contributed by atoms with van der Waals surface area (Å²) < 4.78 is 16.7. The van der Waals surface area contributed by atoms with Crippen molar-refractivity contribution in [2.75, 3.05) is 13.2 Å². The molecule has 0 saturated carbocycles. The number of carbonyl (C=O) groups excluding carboxylic acids is 3. The lowest BCUT2D eigenvalue weighted by atomic mass is 10.00. The molecule has 0 radical (unpaired) electrons. The maximum Gasteiger partial charge on any atom is 0.306 e. The predicted molar refractivity (Wildman–Crippen MR) is 233 cm³/mol. The molecule has 55 heavy (non-hydrogen) atoms. The summed E-state index contributed by atoms with van der Waals surface area (Å²) >= 11 is 0. The summed E-state index contributed by atoms with van der Waals surface area (Å²) in [7, 11) is 0. The van der Waals surface area contributed by atoms with Gasteiger partial charge in [-0.25, -0.2) is 0 Å². The molecule has 1 unspecified atom stereocenters. The molecular weight excluding hydrogens is 685 g/mol. The Labute approximate surface area is 342 Å². The van der Waals surface area contributed by atoms with Crippen LogP contribution in [0.3, 0.4) is 0 Å². The average molecular weight is 779 g/mol. The van der Waals surface area contributed by atoms with Crippen LogP contribution in [0.1, 0.15) is 266 Å². The van der Waals surface area contributed by atoms with Crippen LogP contribution < -0.4 is 0 Å². The highest BCUT2D eigenvalue weighted by atomic mass is 16.6. The third-order valence-electron chi connectivity index (χ3n) is 11.3. The standard InChI is InChI=1S/C49H94O6/c1-6-8-9-10-11-12-13-14-15-16-20-23-29-34-39-47(50)53-42-46(55-49(52)41-36-31-26-25-28-33-38-45(5)7-2)43-54-48(51)40-35-30-24-21-18-17-19-22-27-32-37-44(3)4/h44-46H,6-43H2,1-5H3/t45?,46-/m0/s1. The van der Waals surface area contributed by atoms with Crippen LogP contribution in [0.5, 0.6) is 0 Å². The van der Waals surface area contributed by atoms with E-state index in [0.29, 0.717) is 19.3 Å². The van der Waals surface area contributed by atoms with E-state index >= 15 is 0 Å². The van der Waals surface area contributed by atoms with E-state index in [0.717, 1.165) is 69.6 Å². The Hall–Kier alpha value is -1.59. The van der Waals surface area contributed by atoms with Crippen molar-refractivity contribution < 1.29 is 28.6 Å². The Morgan fingerprint density at radius 1 is 0.382 bits per heavy atom. The van der Waals surface area contributed by atoms with E-state index in [4.69, 9.17) is 14.2 Å². The normalized spacial score (nSPS) is 12.5. The number of hydrogen-bond acceptors (Lipinski definition) is 6. The van der Waals surface area contributed by atoms with Gasteiger partial charge in [-0.1, -0.05) is 227 Å². The highest BCUT2D eigenvalue weighted by molar-refractivity contribution is 5.71. The van der Waals surface area contributed by atoms with Gasteiger partial charge in [-0.05, 0) is 31.1 Å². The van der Waals surface area contributed by atoms with Crippen LogP contribution in [-0.4, -0.2) is 37.2 Å². The van der Waals surface area contributed by atoms with Crippen LogP contribution in [0, 0.1) is 11.8 Å². The first kappa shape index (κ1) is 53.4. The number of rotatable bonds is 43. The molecule has 0 aromatic rings. The Morgan fingerprint density at radius 2 is 0.691 bits per heavy atom. The van der Waals surface area contributed by atoms with E-state index in [1.165, 1.54) is 154 Å². The molecule has 326 valence electrons. The lowest BCUT2D eigenvalue weighted by molar-refractivity contribution is -0.167. The topological polar surface area (TPSA) is 78.9 Å². The molecule has 6 heteroatoms. The maximum atomic E-state index is 12.7. The number of hydrogen-bond donors (Lipinski definition) is 0. The zero-order valence-electron chi connectivity index (χ0n) is 37.6. The quantitative estimate of drug-likeness (QED) is 0.0348. The second kappa shape index (κ2) is 42.0. The van der Waals surface area contributed by atoms with Crippen molar-refractivity contribution in [1.82, 2.24) is 0 Å². The van der Waals surface area contributed by atoms with Crippen LogP contribution in [-0.2, 0) is 28.6 Å². The average Bonchev–Trinajstić information content (AvgIpc) is 3.17. The van der Waals surface area contributed by atoms with Crippen molar-refractivity contribution in [2.45, 2.75) is 272 Å². The molecule has 0 N–H and O–H groups in total. The number of unbranched alkanes of at least 4 members (excludes halogenated alkanes) is 27. The second-order valence-corrected chi connectivity index (χ2v) is 17.5. The van der Waals surface area contributed by atoms with Crippen LogP contribution in [0.4, 0.5) is 0 Å². The summed E-state index contributed by atoms with van der Waals surface area (Å²) in [6.45, 7) is 11.3. The molecule has 0 spiro atoms. The minimum atomic E-state index is -0.761. The second-order valence-electron chi connectivity index (χ2n) is 17.5. The molecule has 0 fully saturated rings. The fraction of sp³-hybridized carbons (Fsp3) is 0.939. The third-order valence-corrected chi connectivity index (χ3v) is 11.3. The molecule has 0 aromatic carbocycles. The lowest BCUT2D eigenvalue weighted by Crippen LogP contribution is -2.30. The SMILES string of the molecule is CCCCCCCCCCCCCCCCC(=O)OC[C@@H](COC(=O)CCCCCCCCCCCCC(C)C)OC(=O)CCCCCCCCC(C)CC. The largest absolute Gasteiger partial charge is 0.462 e. The van der Waals surface area contributed by atoms with Crippen LogP contribution in [0.15, 0.2) is 0 Å². The third kappa shape index (κ3) is 41.9. The van der Waals surface area contributed by atoms with Gasteiger partial charge in [0, 0.05) is 19.3 Å². The van der Waals surface area contributed by atoms with E-state index in [9.17, 15) is 14.4 Å². The highest BCUT2D eigenvalue weighted by Gasteiger charge is 2.19. The summed E-state index contributed by atoms with van der Waals surface area (Å²) in [4.78, 5) is 37.8. The minimum absolute atomic E-state index is 0.0651. The zero-order chi connectivity index (χ0) is 40.5. The van der Waals surface area contributed by atoms with Crippen molar-refractivity contribution in [3.8, 4) is 0 Å². The van der Waals surface area contributed by atoms with Crippen molar-refractivity contribution in [3.05, 3.63) is 0 Å². The maximum absolute atomic E-state index is 12.7. The van der Waals surface area contributed by atoms with E-state index < -0.39 is 6.10 Å². The molecule has 0 amide bonds. The molecule has 0 bridgehead atoms. The molecule has 2 atom stereocenters. The van der Waals surface area contributed by atoms with E-state index in [1.807, 2.05) is 0 Å². The van der Waals surface area contributed by atoms with Crippen LogP contribution in [0.25, 0.3) is 0 Å². The van der Waals surface area contributed by atoms with Gasteiger partial charge in [0.2, 0.25) is 0 Å². The van der Waals surface area contributed by atoms with Crippen molar-refractivity contribution in [3.63, 3.8) is 0 Å². The summed E-state index contributed by atoms with van der Waals surface area (Å²) in [6.07, 6.45) is 40.9. The molecule has 0 aromatic heterocycles. The van der Waals surface area contributed by atoms with E-state index in [-0.39, 0.29) is 31.1 Å². The van der Waals surface area contributed by atoms with Gasteiger partial charge in [0.1, 0.15) is 13.2 Å². The number of carbonyl (C=O) groups is 3. The number of esters is 3. The molecule has 0 saturated heterocycles. The van der Waals surface area contributed by atoms with Gasteiger partial charge in [0.15, 0.2) is 6.10 Å². The van der Waals surface area contributed by atoms with Crippen molar-refractivity contribution in [1.29, 1.82) is 0 Å². The lowest BCUT2D eigenvalue weighted by Gasteiger charge is -2.18. The molecule has 0 aliphatic heterocycles. The zero-order valence-corrected chi connectivity index (χ0v) is 37.6. The van der Waals surface area contributed by atoms with Crippen molar-refractivity contribution >= 4 is 17.9 Å². The van der Waals surface area contributed by atoms with Gasteiger partial charge in [0.05, 0.1) is 0 Å². The van der Waals surface area contributed by atoms with Gasteiger partial charge in [-0.3, -0.25) is 14.4 Å². The van der Waals surface area contributed by atoms with Gasteiger partial charge in [0.25, 0.3) is 0 Å². The molecule has 0 aliphatic carbocycles. The van der Waals surface area contributed by atoms with Crippen LogP contribution in [0.2, 0.25) is 0 Å². The first-order chi connectivity index (χ1) is 26.8. The monoisotopic (exact) mass is 779 g/mol. The summed E-state index contributed by atoms with van der Waals surface area (Å²) in [5, 5.41) is 0. The molecule has 0 heterocycles. The fourth-order valence-corrected chi connectivity index (χ4v) is 7.25. The summed E-state index contributed by atoms with van der Waals surface area (Å²) in [6, 6.07) is 0. The first-order valence-electron chi connectivity index (χ1n) is 24.3. The highest BCUT2D eigenvalue weighted by Crippen LogP contribution is 2.17. The molecule has 0 rings (SSSR count). The smallest absolute Gasteiger partial charge is 0.306 e. The Balaban J connectivity index is 4.31. The summed E-state index contributed by atoms with van der Waals surface area (Å²) in [5.74, 6) is 0.772. The Bertz CT molecular complexity index is 841. The Kier molecular flexibility index (Phi) is 40.8. The predicted octanol–water partition coefficient (Wildman–Crippen LogP) is 15.4.